The van der Waals surface area contributed by atoms with Crippen molar-refractivity contribution in [3.8, 4) is 45.3 Å². The van der Waals surface area contributed by atoms with Gasteiger partial charge in [-0.25, -0.2) is 4.68 Å². The summed E-state index contributed by atoms with van der Waals surface area (Å²) in [5, 5.41) is 9.28. The molecule has 3 saturated heterocycles. The van der Waals surface area contributed by atoms with Gasteiger partial charge in [0.2, 0.25) is 11.8 Å². The molecule has 0 radical (unpaired) electrons. The second-order valence-corrected chi connectivity index (χ2v) is 15.2. The van der Waals surface area contributed by atoms with Gasteiger partial charge in [-0.1, -0.05) is 41.9 Å². The van der Waals surface area contributed by atoms with Crippen molar-refractivity contribution in [3.63, 3.8) is 0 Å². The molecule has 3 aliphatic heterocycles. The topological polar surface area (TPSA) is 137 Å². The van der Waals surface area contributed by atoms with Gasteiger partial charge in [0.05, 0.1) is 60.4 Å². The molecule has 5 aromatic rings. The molecule has 3 fully saturated rings. The van der Waals surface area contributed by atoms with Crippen LogP contribution in [0, 0.1) is 10.8 Å². The zero-order valence-corrected chi connectivity index (χ0v) is 31.0. The molecule has 3 aromatic carbocycles. The number of nitrogens with zero attached hydrogens (tertiary/aromatic N) is 5. The lowest BCUT2D eigenvalue weighted by Gasteiger charge is -2.47. The van der Waals surface area contributed by atoms with E-state index in [1.165, 1.54) is 0 Å². The average Bonchev–Trinajstić information content (AvgIpc) is 3.75. The summed E-state index contributed by atoms with van der Waals surface area (Å²) in [6.45, 7) is 6.78. The molecule has 3 N–H and O–H groups in total. The van der Waals surface area contributed by atoms with Crippen LogP contribution in [0.3, 0.4) is 0 Å². The lowest BCUT2D eigenvalue weighted by Crippen LogP contribution is -2.60. The number of rotatable bonds is 11. The molecule has 0 saturated carbocycles. The highest BCUT2D eigenvalue weighted by molar-refractivity contribution is 6.36. The Morgan fingerprint density at radius 3 is 2.21 bits per heavy atom. The third kappa shape index (κ3) is 6.14. The molecule has 13 heteroatoms. The number of hydrogen-bond donors (Lipinski definition) is 2. The number of fused-ring (bicyclic) bond motifs is 1. The molecule has 0 aliphatic carbocycles. The van der Waals surface area contributed by atoms with Crippen LogP contribution in [0.2, 0.25) is 5.02 Å². The Morgan fingerprint density at radius 1 is 0.887 bits per heavy atom. The van der Waals surface area contributed by atoms with Gasteiger partial charge < -0.3 is 25.3 Å². The second kappa shape index (κ2) is 13.4. The largest absolute Gasteiger partial charge is 0.496 e. The third-order valence-corrected chi connectivity index (χ3v) is 11.4. The normalized spacial score (nSPS) is 17.7. The number of hydrogen-bond acceptors (Lipinski definition) is 9. The van der Waals surface area contributed by atoms with Crippen LogP contribution in [-0.4, -0.2) is 90.4 Å². The van der Waals surface area contributed by atoms with Gasteiger partial charge in [-0.2, -0.15) is 5.10 Å². The van der Waals surface area contributed by atoms with Crippen molar-refractivity contribution in [1.82, 2.24) is 29.9 Å². The van der Waals surface area contributed by atoms with Crippen molar-refractivity contribution in [1.29, 1.82) is 0 Å². The van der Waals surface area contributed by atoms with Crippen LogP contribution in [0.4, 0.5) is 0 Å². The smallest absolute Gasteiger partial charge is 0.225 e. The fourth-order valence-electron chi connectivity index (χ4n) is 8.26. The number of amides is 2. The number of ether oxygens (including phenoxy) is 3. The Labute approximate surface area is 312 Å². The summed E-state index contributed by atoms with van der Waals surface area (Å²) in [4.78, 5) is 33.0. The Kier molecular flexibility index (Phi) is 8.79. The van der Waals surface area contributed by atoms with Crippen LogP contribution < -0.4 is 25.3 Å². The maximum absolute atomic E-state index is 11.9. The van der Waals surface area contributed by atoms with Gasteiger partial charge in [0.25, 0.3) is 0 Å². The number of likely N-dealkylation sites (tertiary alicyclic amines) is 2. The Balaban J connectivity index is 1.07. The minimum absolute atomic E-state index is 0.0572. The summed E-state index contributed by atoms with van der Waals surface area (Å²) in [5.74, 6) is 1.91. The molecular weight excluding hydrogens is 694 g/mol. The van der Waals surface area contributed by atoms with Crippen LogP contribution in [-0.2, 0) is 22.7 Å². The van der Waals surface area contributed by atoms with E-state index in [0.29, 0.717) is 54.8 Å². The summed E-state index contributed by atoms with van der Waals surface area (Å²) in [6, 6.07) is 17.9. The first-order valence-electron chi connectivity index (χ1n) is 17.6. The number of aromatic nitrogens is 3. The lowest BCUT2D eigenvalue weighted by molar-refractivity contribution is -0.136. The first kappa shape index (κ1) is 34.9. The van der Waals surface area contributed by atoms with Gasteiger partial charge in [-0.05, 0) is 18.6 Å². The number of methoxy groups -OCH3 is 3. The van der Waals surface area contributed by atoms with Gasteiger partial charge in [-0.3, -0.25) is 24.4 Å². The van der Waals surface area contributed by atoms with Crippen LogP contribution in [0.25, 0.3) is 39.0 Å². The van der Waals surface area contributed by atoms with E-state index < -0.39 is 5.41 Å². The van der Waals surface area contributed by atoms with E-state index >= 15 is 0 Å². The summed E-state index contributed by atoms with van der Waals surface area (Å²) < 4.78 is 19.4. The average molecular weight is 736 g/mol. The number of halogens is 1. The standard InChI is InChI=1S/C40H42ClN7O5/c1-39(38(42)50)20-47(21-39)18-30-34(52-3)11-25(12-35(30)53-4)48-32-10-6-7-26(29(32)16-45-48)27-8-5-9-28(37(27)41)31-13-33(51-2)24(15-43-31)17-46-22-40(23-46)14-36(49)44-19-40/h5-13,15-16H,14,17-23H2,1-4H3,(H2,42,50)(H,44,49). The van der Waals surface area contributed by atoms with E-state index in [4.69, 9.17) is 41.6 Å². The molecule has 0 bridgehead atoms. The van der Waals surface area contributed by atoms with Gasteiger partial charge in [-0.15, -0.1) is 0 Å². The number of carbonyl (C=O) groups excluding carboxylic acids is 2. The first-order chi connectivity index (χ1) is 25.5. The Hall–Kier alpha value is -5.17. The van der Waals surface area contributed by atoms with E-state index in [2.05, 4.69) is 15.1 Å². The van der Waals surface area contributed by atoms with Crippen LogP contribution in [0.15, 0.2) is 67.0 Å². The van der Waals surface area contributed by atoms with Crippen molar-refractivity contribution in [2.75, 3.05) is 54.1 Å². The fourth-order valence-corrected chi connectivity index (χ4v) is 8.59. The molecule has 0 unspecified atom stereocenters. The number of pyridine rings is 1. The minimum atomic E-state index is -0.529. The van der Waals surface area contributed by atoms with Gasteiger partial charge in [0, 0.05) is 104 Å². The molecule has 2 aromatic heterocycles. The number of carbonyl (C=O) groups is 2. The van der Waals surface area contributed by atoms with Gasteiger partial charge in [0.1, 0.15) is 17.2 Å². The fraction of sp³-hybridized carbons (Fsp3) is 0.350. The molecule has 53 heavy (non-hydrogen) atoms. The Morgan fingerprint density at radius 2 is 1.55 bits per heavy atom. The summed E-state index contributed by atoms with van der Waals surface area (Å²) in [5.41, 5.74) is 12.0. The van der Waals surface area contributed by atoms with E-state index in [1.54, 1.807) is 21.3 Å². The highest BCUT2D eigenvalue weighted by Crippen LogP contribution is 2.43. The third-order valence-electron chi connectivity index (χ3n) is 11.0. The van der Waals surface area contributed by atoms with Gasteiger partial charge >= 0.3 is 0 Å². The van der Waals surface area contributed by atoms with Crippen molar-refractivity contribution < 1.29 is 23.8 Å². The highest BCUT2D eigenvalue weighted by atomic mass is 35.5. The van der Waals surface area contributed by atoms with Crippen molar-refractivity contribution in [3.05, 3.63) is 83.1 Å². The zero-order chi connectivity index (χ0) is 37.1. The minimum Gasteiger partial charge on any atom is -0.496 e. The van der Waals surface area contributed by atoms with E-state index in [9.17, 15) is 9.59 Å². The van der Waals surface area contributed by atoms with E-state index in [1.807, 2.05) is 78.6 Å². The molecule has 2 amide bonds. The molecule has 3 aliphatic rings. The quantitative estimate of drug-likeness (QED) is 0.191. The highest BCUT2D eigenvalue weighted by Gasteiger charge is 2.48. The first-order valence-corrected chi connectivity index (χ1v) is 18.0. The van der Waals surface area contributed by atoms with E-state index in [-0.39, 0.29) is 17.2 Å². The number of nitrogens with two attached hydrogens (primary N) is 1. The van der Waals surface area contributed by atoms with Crippen LogP contribution in [0.1, 0.15) is 24.5 Å². The predicted octanol–water partition coefficient (Wildman–Crippen LogP) is 5.06. The van der Waals surface area contributed by atoms with Crippen molar-refractivity contribution in [2.45, 2.75) is 26.4 Å². The molecule has 1 spiro atoms. The molecule has 8 rings (SSSR count). The van der Waals surface area contributed by atoms with Crippen molar-refractivity contribution >= 4 is 34.3 Å². The summed E-state index contributed by atoms with van der Waals surface area (Å²) in [7, 11) is 4.94. The molecule has 5 heterocycles. The molecule has 274 valence electrons. The predicted molar refractivity (Wildman–Crippen MR) is 202 cm³/mol. The van der Waals surface area contributed by atoms with Gasteiger partial charge in [0.15, 0.2) is 0 Å². The number of primary amides is 1. The second-order valence-electron chi connectivity index (χ2n) is 14.8. The summed E-state index contributed by atoms with van der Waals surface area (Å²) in [6.07, 6.45) is 4.30. The number of nitrogens with one attached hydrogen (secondary N) is 1. The molecule has 0 atom stereocenters. The molecular formula is C40H42ClN7O5. The monoisotopic (exact) mass is 735 g/mol. The number of benzene rings is 3. The maximum atomic E-state index is 11.9. The van der Waals surface area contributed by atoms with Crippen LogP contribution in [0.5, 0.6) is 17.2 Å². The zero-order valence-electron chi connectivity index (χ0n) is 30.2. The maximum Gasteiger partial charge on any atom is 0.225 e. The Bertz CT molecular complexity index is 2230. The molecule has 12 nitrogen and oxygen atoms in total. The summed E-state index contributed by atoms with van der Waals surface area (Å²) >= 11 is 7.21. The lowest BCUT2D eigenvalue weighted by atomic mass is 9.79. The SMILES string of the molecule is COc1cc(-c2cccc(-c3cccc4c3cnn4-c3cc(OC)c(CN4CC(C)(C(N)=O)C4)c(OC)c3)c2Cl)ncc1CN1CC2(CNC(=O)C2)C1. The van der Waals surface area contributed by atoms with E-state index in [0.717, 1.165) is 69.8 Å². The van der Waals surface area contributed by atoms with Crippen molar-refractivity contribution in [2.24, 2.45) is 16.6 Å². The van der Waals surface area contributed by atoms with Crippen LogP contribution >= 0.6 is 11.6 Å².